The van der Waals surface area contributed by atoms with Crippen LogP contribution in [0, 0.1) is 25.2 Å². The Labute approximate surface area is 198 Å². The molecule has 0 aliphatic heterocycles. The van der Waals surface area contributed by atoms with Crippen molar-refractivity contribution in [2.24, 2.45) is 0 Å². The minimum absolute atomic E-state index is 0.00971. The van der Waals surface area contributed by atoms with Crippen molar-refractivity contribution in [2.45, 2.75) is 20.5 Å². The van der Waals surface area contributed by atoms with Gasteiger partial charge in [-0.25, -0.2) is 0 Å². The SMILES string of the molecule is Cc1cccc(COc2c(Br)cc(/C=C(/C#N)C(=O)Nc3ccccc3C)cc2Br)c1. The molecule has 0 aliphatic rings. The van der Waals surface area contributed by atoms with E-state index in [1.807, 2.05) is 68.4 Å². The van der Waals surface area contributed by atoms with Crippen LogP contribution >= 0.6 is 31.9 Å². The molecule has 0 atom stereocenters. The van der Waals surface area contributed by atoms with Crippen LogP contribution in [0.5, 0.6) is 5.75 Å². The summed E-state index contributed by atoms with van der Waals surface area (Å²) in [5.41, 5.74) is 4.55. The number of halogens is 2. The highest BCUT2D eigenvalue weighted by Gasteiger charge is 2.13. The zero-order valence-electron chi connectivity index (χ0n) is 17.1. The summed E-state index contributed by atoms with van der Waals surface area (Å²) >= 11 is 7.06. The smallest absolute Gasteiger partial charge is 0.266 e. The van der Waals surface area contributed by atoms with Gasteiger partial charge in [-0.3, -0.25) is 4.79 Å². The number of para-hydroxylation sites is 1. The van der Waals surface area contributed by atoms with Crippen molar-refractivity contribution in [3.63, 3.8) is 0 Å². The molecule has 0 radical (unpaired) electrons. The summed E-state index contributed by atoms with van der Waals surface area (Å²) in [6.07, 6.45) is 1.55. The molecular weight excluding hydrogens is 520 g/mol. The Balaban J connectivity index is 1.78. The fourth-order valence-corrected chi connectivity index (χ4v) is 4.43. The number of amides is 1. The summed E-state index contributed by atoms with van der Waals surface area (Å²) in [5, 5.41) is 12.3. The number of carbonyl (C=O) groups is 1. The molecule has 0 aliphatic carbocycles. The van der Waals surface area contributed by atoms with Gasteiger partial charge in [0.05, 0.1) is 8.95 Å². The van der Waals surface area contributed by atoms with E-state index in [1.165, 1.54) is 5.56 Å². The molecule has 1 N–H and O–H groups in total. The maximum atomic E-state index is 12.6. The number of ether oxygens (including phenoxy) is 1. The average Bonchev–Trinajstić information content (AvgIpc) is 2.73. The molecule has 3 rings (SSSR count). The van der Waals surface area contributed by atoms with E-state index in [9.17, 15) is 10.1 Å². The number of hydrogen-bond acceptors (Lipinski definition) is 3. The normalized spacial score (nSPS) is 11.0. The van der Waals surface area contributed by atoms with E-state index in [1.54, 1.807) is 12.1 Å². The minimum atomic E-state index is -0.455. The second-order valence-corrected chi connectivity index (χ2v) is 8.74. The molecule has 4 nitrogen and oxygen atoms in total. The Morgan fingerprint density at radius 3 is 2.42 bits per heavy atom. The van der Waals surface area contributed by atoms with Crippen LogP contribution in [0.3, 0.4) is 0 Å². The summed E-state index contributed by atoms with van der Waals surface area (Å²) in [7, 11) is 0. The van der Waals surface area contributed by atoms with Crippen LogP contribution in [0.15, 0.2) is 75.2 Å². The molecule has 0 aromatic heterocycles. The Kier molecular flexibility index (Phi) is 7.67. The zero-order valence-corrected chi connectivity index (χ0v) is 20.2. The quantitative estimate of drug-likeness (QED) is 0.272. The van der Waals surface area contributed by atoms with Crippen molar-refractivity contribution in [3.05, 3.63) is 97.4 Å². The van der Waals surface area contributed by atoms with E-state index >= 15 is 0 Å². The molecule has 6 heteroatoms. The van der Waals surface area contributed by atoms with E-state index in [0.29, 0.717) is 23.6 Å². The first kappa shape index (κ1) is 22.8. The van der Waals surface area contributed by atoms with Gasteiger partial charge in [-0.1, -0.05) is 48.0 Å². The van der Waals surface area contributed by atoms with E-state index in [-0.39, 0.29) is 5.57 Å². The average molecular weight is 540 g/mol. The van der Waals surface area contributed by atoms with Gasteiger partial charge in [-0.15, -0.1) is 0 Å². The van der Waals surface area contributed by atoms with Crippen molar-refractivity contribution in [1.29, 1.82) is 5.26 Å². The molecule has 0 heterocycles. The number of anilines is 1. The number of nitriles is 1. The molecule has 0 bridgehead atoms. The minimum Gasteiger partial charge on any atom is -0.487 e. The lowest BCUT2D eigenvalue weighted by molar-refractivity contribution is -0.112. The molecule has 1 amide bonds. The molecule has 31 heavy (non-hydrogen) atoms. The molecule has 3 aromatic rings. The summed E-state index contributed by atoms with van der Waals surface area (Å²) < 4.78 is 7.42. The molecule has 0 fully saturated rings. The maximum Gasteiger partial charge on any atom is 0.266 e. The van der Waals surface area contributed by atoms with Crippen molar-refractivity contribution < 1.29 is 9.53 Å². The van der Waals surface area contributed by atoms with Crippen molar-refractivity contribution >= 4 is 49.5 Å². The van der Waals surface area contributed by atoms with Gasteiger partial charge >= 0.3 is 0 Å². The highest BCUT2D eigenvalue weighted by Crippen LogP contribution is 2.36. The standard InChI is InChI=1S/C25H20Br2N2O2/c1-16-6-5-8-18(10-16)15-31-24-21(26)12-19(13-22(24)27)11-20(14-28)25(30)29-23-9-4-3-7-17(23)2/h3-13H,15H2,1-2H3,(H,29,30)/b20-11-. The van der Waals surface area contributed by atoms with Gasteiger partial charge in [-0.05, 0) is 86.7 Å². The summed E-state index contributed by atoms with van der Waals surface area (Å²) in [6, 6.07) is 21.2. The zero-order chi connectivity index (χ0) is 22.4. The number of aryl methyl sites for hydroxylation is 2. The number of benzene rings is 3. The fraction of sp³-hybridized carbons (Fsp3) is 0.120. The second-order valence-electron chi connectivity index (χ2n) is 7.03. The van der Waals surface area contributed by atoms with Crippen molar-refractivity contribution in [2.75, 3.05) is 5.32 Å². The van der Waals surface area contributed by atoms with E-state index in [2.05, 4.69) is 43.2 Å². The number of nitrogens with one attached hydrogen (secondary N) is 1. The van der Waals surface area contributed by atoms with Gasteiger partial charge in [0.25, 0.3) is 5.91 Å². The van der Waals surface area contributed by atoms with E-state index in [0.717, 1.165) is 20.1 Å². The third-order valence-electron chi connectivity index (χ3n) is 4.56. The molecule has 0 unspecified atom stereocenters. The van der Waals surface area contributed by atoms with Gasteiger partial charge in [0.2, 0.25) is 0 Å². The summed E-state index contributed by atoms with van der Waals surface area (Å²) in [6.45, 7) is 4.37. The first-order valence-electron chi connectivity index (χ1n) is 9.53. The number of nitrogens with zero attached hydrogens (tertiary/aromatic N) is 1. The monoisotopic (exact) mass is 538 g/mol. The predicted molar refractivity (Wildman–Crippen MR) is 131 cm³/mol. The van der Waals surface area contributed by atoms with Gasteiger partial charge in [-0.2, -0.15) is 5.26 Å². The van der Waals surface area contributed by atoms with Crippen LogP contribution < -0.4 is 10.1 Å². The van der Waals surface area contributed by atoms with E-state index < -0.39 is 5.91 Å². The first-order chi connectivity index (χ1) is 14.9. The lowest BCUT2D eigenvalue weighted by atomic mass is 10.1. The van der Waals surface area contributed by atoms with Crippen molar-refractivity contribution in [1.82, 2.24) is 0 Å². The first-order valence-corrected chi connectivity index (χ1v) is 11.1. The number of rotatable bonds is 6. The van der Waals surface area contributed by atoms with Gasteiger partial charge in [0.1, 0.15) is 24.0 Å². The number of hydrogen-bond donors (Lipinski definition) is 1. The molecule has 0 spiro atoms. The Bertz CT molecular complexity index is 1170. The Hall–Kier alpha value is -2.88. The highest BCUT2D eigenvalue weighted by molar-refractivity contribution is 9.11. The van der Waals surface area contributed by atoms with Crippen molar-refractivity contribution in [3.8, 4) is 11.8 Å². The van der Waals surface area contributed by atoms with E-state index in [4.69, 9.17) is 4.74 Å². The van der Waals surface area contributed by atoms with Crippen LogP contribution in [0.25, 0.3) is 6.08 Å². The van der Waals surface area contributed by atoms with Crippen LogP contribution in [0.4, 0.5) is 5.69 Å². The largest absolute Gasteiger partial charge is 0.487 e. The third-order valence-corrected chi connectivity index (χ3v) is 5.73. The van der Waals surface area contributed by atoms with Crippen LogP contribution in [-0.4, -0.2) is 5.91 Å². The van der Waals surface area contributed by atoms with Crippen LogP contribution in [-0.2, 0) is 11.4 Å². The molecule has 0 saturated heterocycles. The van der Waals surface area contributed by atoms with Gasteiger partial charge < -0.3 is 10.1 Å². The third kappa shape index (κ3) is 6.06. The lowest BCUT2D eigenvalue weighted by Crippen LogP contribution is -2.14. The summed E-state index contributed by atoms with van der Waals surface area (Å²) in [4.78, 5) is 12.6. The maximum absolute atomic E-state index is 12.6. The summed E-state index contributed by atoms with van der Waals surface area (Å²) in [5.74, 6) is 0.199. The highest BCUT2D eigenvalue weighted by atomic mass is 79.9. The fourth-order valence-electron chi connectivity index (χ4n) is 2.98. The Morgan fingerprint density at radius 1 is 1.06 bits per heavy atom. The molecule has 3 aromatic carbocycles. The lowest BCUT2D eigenvalue weighted by Gasteiger charge is -2.12. The topological polar surface area (TPSA) is 62.1 Å². The molecule has 156 valence electrons. The van der Waals surface area contributed by atoms with Crippen LogP contribution in [0.1, 0.15) is 22.3 Å². The van der Waals surface area contributed by atoms with Gasteiger partial charge in [0, 0.05) is 5.69 Å². The Morgan fingerprint density at radius 2 is 1.77 bits per heavy atom. The van der Waals surface area contributed by atoms with Crippen LogP contribution in [0.2, 0.25) is 0 Å². The predicted octanol–water partition coefficient (Wildman–Crippen LogP) is 6.95. The number of carbonyl (C=O) groups excluding carboxylic acids is 1. The van der Waals surface area contributed by atoms with Gasteiger partial charge in [0.15, 0.2) is 0 Å². The molecule has 0 saturated carbocycles. The molecular formula is C25H20Br2N2O2. The second kappa shape index (κ2) is 10.4.